The molecule has 6 nitrogen and oxygen atoms in total. The van der Waals surface area contributed by atoms with E-state index >= 15 is 0 Å². The van der Waals surface area contributed by atoms with Gasteiger partial charge in [0.05, 0.1) is 11.1 Å². The summed E-state index contributed by atoms with van der Waals surface area (Å²) in [6.07, 6.45) is 0. The van der Waals surface area contributed by atoms with E-state index in [1.807, 2.05) is 6.07 Å². The molecule has 8 heteroatoms. The van der Waals surface area contributed by atoms with Gasteiger partial charge < -0.3 is 9.15 Å². The van der Waals surface area contributed by atoms with Crippen molar-refractivity contribution in [3.63, 3.8) is 0 Å². The largest absolute Gasteiger partial charge is 0.452 e. The van der Waals surface area contributed by atoms with Crippen LogP contribution in [0, 0.1) is 18.3 Å². The lowest BCUT2D eigenvalue weighted by molar-refractivity contribution is -0.122. The van der Waals surface area contributed by atoms with E-state index in [-0.39, 0.29) is 5.76 Å². The first-order valence-corrected chi connectivity index (χ1v) is 9.11. The molecule has 2 heterocycles. The van der Waals surface area contributed by atoms with Gasteiger partial charge >= 0.3 is 5.97 Å². The molecule has 3 rings (SSSR count). The van der Waals surface area contributed by atoms with Crippen molar-refractivity contribution >= 4 is 34.7 Å². The molecule has 2 aromatic heterocycles. The monoisotopic (exact) mass is 400 g/mol. The third-order valence-corrected chi connectivity index (χ3v) is 4.98. The second-order valence-corrected chi connectivity index (χ2v) is 6.87. The number of thiazole rings is 1. The molecule has 0 spiro atoms. The predicted molar refractivity (Wildman–Crippen MR) is 99.6 cm³/mol. The Kier molecular flexibility index (Phi) is 5.69. The van der Waals surface area contributed by atoms with Crippen LogP contribution in [0.5, 0.6) is 0 Å². The van der Waals surface area contributed by atoms with Gasteiger partial charge in [-0.3, -0.25) is 4.79 Å². The molecule has 0 amide bonds. The molecular weight excluding hydrogens is 388 g/mol. The number of nitriles is 1. The summed E-state index contributed by atoms with van der Waals surface area (Å²) >= 11 is 7.32. The van der Waals surface area contributed by atoms with Crippen LogP contribution in [0.4, 0.5) is 0 Å². The number of esters is 1. The van der Waals surface area contributed by atoms with Crippen LogP contribution in [0.2, 0.25) is 5.02 Å². The lowest BCUT2D eigenvalue weighted by Gasteiger charge is -2.06. The molecule has 0 aliphatic carbocycles. The summed E-state index contributed by atoms with van der Waals surface area (Å²) in [6.45, 7) is 1.23. The van der Waals surface area contributed by atoms with Crippen molar-refractivity contribution in [3.05, 3.63) is 63.3 Å². The fourth-order valence-electron chi connectivity index (χ4n) is 2.31. The van der Waals surface area contributed by atoms with Crippen molar-refractivity contribution in [1.82, 2.24) is 4.98 Å². The average Bonchev–Trinajstić information content (AvgIpc) is 3.30. The second-order valence-electron chi connectivity index (χ2n) is 5.58. The molecule has 27 heavy (non-hydrogen) atoms. The Labute approximate surface area is 164 Å². The van der Waals surface area contributed by atoms with Gasteiger partial charge in [-0.25, -0.2) is 9.78 Å². The van der Waals surface area contributed by atoms with Gasteiger partial charge in [0.2, 0.25) is 5.76 Å². The minimum Gasteiger partial charge on any atom is -0.452 e. The molecule has 3 aromatic rings. The van der Waals surface area contributed by atoms with Gasteiger partial charge in [0.15, 0.2) is 18.3 Å². The van der Waals surface area contributed by atoms with Crippen LogP contribution in [-0.2, 0) is 9.53 Å². The number of Topliss-reactive ketones (excluding diaryl/α,β-unsaturated/α-hetero) is 1. The van der Waals surface area contributed by atoms with E-state index in [0.717, 1.165) is 5.69 Å². The second kappa shape index (κ2) is 8.16. The van der Waals surface area contributed by atoms with Crippen LogP contribution >= 0.6 is 22.9 Å². The quantitative estimate of drug-likeness (QED) is 0.569. The van der Waals surface area contributed by atoms with Crippen LogP contribution in [0.25, 0.3) is 11.3 Å². The number of carbonyl (C=O) groups excluding carboxylic acids is 2. The molecule has 1 atom stereocenters. The molecule has 0 aliphatic rings. The van der Waals surface area contributed by atoms with Gasteiger partial charge in [-0.1, -0.05) is 23.7 Å². The maximum absolute atomic E-state index is 12.2. The Balaban J connectivity index is 1.65. The Morgan fingerprint density at radius 2 is 2.11 bits per heavy atom. The fourth-order valence-corrected chi connectivity index (χ4v) is 3.40. The summed E-state index contributed by atoms with van der Waals surface area (Å²) in [4.78, 5) is 28.5. The van der Waals surface area contributed by atoms with E-state index < -0.39 is 24.3 Å². The molecule has 0 saturated heterocycles. The molecule has 1 aromatic carbocycles. The van der Waals surface area contributed by atoms with E-state index in [1.165, 1.54) is 17.4 Å². The highest BCUT2D eigenvalue weighted by Crippen LogP contribution is 2.29. The van der Waals surface area contributed by atoms with Crippen molar-refractivity contribution < 1.29 is 18.7 Å². The molecular formula is C19H13ClN2O4S. The number of aromatic nitrogens is 1. The number of aryl methyl sites for hydroxylation is 1. The maximum atomic E-state index is 12.2. The summed E-state index contributed by atoms with van der Waals surface area (Å²) in [5.41, 5.74) is 1.36. The number of benzene rings is 1. The van der Waals surface area contributed by atoms with Crippen molar-refractivity contribution in [2.24, 2.45) is 0 Å². The van der Waals surface area contributed by atoms with Gasteiger partial charge in [-0.05, 0) is 31.2 Å². The van der Waals surface area contributed by atoms with Gasteiger partial charge in [-0.2, -0.15) is 5.26 Å². The van der Waals surface area contributed by atoms with Crippen LogP contribution in [0.1, 0.15) is 27.2 Å². The Morgan fingerprint density at radius 1 is 1.33 bits per heavy atom. The van der Waals surface area contributed by atoms with Crippen molar-refractivity contribution in [2.75, 3.05) is 6.61 Å². The summed E-state index contributed by atoms with van der Waals surface area (Å²) in [6, 6.07) is 12.0. The number of ether oxygens (including phenoxy) is 1. The molecule has 0 fully saturated rings. The van der Waals surface area contributed by atoms with E-state index in [0.29, 0.717) is 21.4 Å². The first kappa shape index (κ1) is 18.8. The summed E-state index contributed by atoms with van der Waals surface area (Å²) in [7, 11) is 0. The minimum atomic E-state index is -1.06. The van der Waals surface area contributed by atoms with E-state index in [9.17, 15) is 14.9 Å². The zero-order chi connectivity index (χ0) is 19.4. The Morgan fingerprint density at radius 3 is 2.78 bits per heavy atom. The van der Waals surface area contributed by atoms with Crippen LogP contribution in [-0.4, -0.2) is 23.3 Å². The fraction of sp³-hybridized carbons (Fsp3) is 0.158. The number of hydrogen-bond donors (Lipinski definition) is 0. The summed E-state index contributed by atoms with van der Waals surface area (Å²) in [5, 5.41) is 11.8. The number of furan rings is 1. The zero-order valence-electron chi connectivity index (χ0n) is 14.1. The molecule has 136 valence electrons. The van der Waals surface area contributed by atoms with Crippen LogP contribution in [0.3, 0.4) is 0 Å². The third kappa shape index (κ3) is 4.25. The normalized spacial score (nSPS) is 11.6. The highest BCUT2D eigenvalue weighted by Gasteiger charge is 2.25. The summed E-state index contributed by atoms with van der Waals surface area (Å²) < 4.78 is 10.5. The Hall–Kier alpha value is -2.95. The van der Waals surface area contributed by atoms with E-state index in [2.05, 4.69) is 4.98 Å². The smallest absolute Gasteiger partial charge is 0.374 e. The topological polar surface area (TPSA) is 93.2 Å². The molecule has 0 bridgehead atoms. The standard InChI is InChI=1S/C19H13ClN2O4S/c1-11-10-27-18(22-11)13(8-21)15(23)9-25-19(24)17-7-6-16(26-17)12-4-2-3-5-14(12)20/h2-7,10,13H,9H2,1H3/t13-/m0/s1. The molecule has 0 aliphatic heterocycles. The van der Waals surface area contributed by atoms with E-state index in [1.54, 1.807) is 42.6 Å². The number of nitrogens with zero attached hydrogens (tertiary/aromatic N) is 2. The minimum absolute atomic E-state index is 0.0590. The lowest BCUT2D eigenvalue weighted by atomic mass is 10.1. The molecule has 0 saturated carbocycles. The van der Waals surface area contributed by atoms with Crippen LogP contribution in [0.15, 0.2) is 46.2 Å². The van der Waals surface area contributed by atoms with Gasteiger partial charge in [0.1, 0.15) is 10.8 Å². The molecule has 0 N–H and O–H groups in total. The number of halogens is 1. The Bertz CT molecular complexity index is 1030. The molecule has 0 unspecified atom stereocenters. The van der Waals surface area contributed by atoms with Crippen LogP contribution < -0.4 is 0 Å². The van der Waals surface area contributed by atoms with E-state index in [4.69, 9.17) is 20.8 Å². The highest BCUT2D eigenvalue weighted by atomic mass is 35.5. The molecule has 0 radical (unpaired) electrons. The zero-order valence-corrected chi connectivity index (χ0v) is 15.7. The number of ketones is 1. The van der Waals surface area contributed by atoms with Crippen molar-refractivity contribution in [2.45, 2.75) is 12.8 Å². The number of carbonyl (C=O) groups is 2. The SMILES string of the molecule is Cc1csc([C@@H](C#N)C(=O)COC(=O)c2ccc(-c3ccccc3Cl)o2)n1. The lowest BCUT2D eigenvalue weighted by Crippen LogP contribution is -2.19. The van der Waals surface area contributed by atoms with Gasteiger partial charge in [0.25, 0.3) is 0 Å². The average molecular weight is 401 g/mol. The number of hydrogen-bond acceptors (Lipinski definition) is 7. The number of rotatable bonds is 6. The maximum Gasteiger partial charge on any atom is 0.374 e. The van der Waals surface area contributed by atoms with Crippen molar-refractivity contribution in [3.8, 4) is 17.4 Å². The van der Waals surface area contributed by atoms with Crippen molar-refractivity contribution in [1.29, 1.82) is 5.26 Å². The van der Waals surface area contributed by atoms with Gasteiger partial charge in [0, 0.05) is 16.6 Å². The first-order valence-electron chi connectivity index (χ1n) is 7.86. The van der Waals surface area contributed by atoms with Gasteiger partial charge in [-0.15, -0.1) is 11.3 Å². The highest BCUT2D eigenvalue weighted by molar-refractivity contribution is 7.09. The first-order chi connectivity index (χ1) is 13.0. The third-order valence-electron chi connectivity index (χ3n) is 3.63. The predicted octanol–water partition coefficient (Wildman–Crippen LogP) is 4.40. The summed E-state index contributed by atoms with van der Waals surface area (Å²) in [5.74, 6) is -2.05.